The van der Waals surface area contributed by atoms with E-state index in [2.05, 4.69) is 26.1 Å². The van der Waals surface area contributed by atoms with E-state index < -0.39 is 26.6 Å². The van der Waals surface area contributed by atoms with Gasteiger partial charge in [0.15, 0.2) is 0 Å². The number of morpholine rings is 1. The topological polar surface area (TPSA) is 75.7 Å². The number of nitrogens with zero attached hydrogens (tertiary/aromatic N) is 1. The molecular weight excluding hydrogens is 395 g/mol. The zero-order chi connectivity index (χ0) is 21.2. The highest BCUT2D eigenvalue weighted by atomic mass is 32.2. The summed E-state index contributed by atoms with van der Waals surface area (Å²) in [6.07, 6.45) is 0. The number of benzene rings is 2. The van der Waals surface area contributed by atoms with E-state index in [9.17, 15) is 17.6 Å². The van der Waals surface area contributed by atoms with Crippen LogP contribution in [0, 0.1) is 5.82 Å². The van der Waals surface area contributed by atoms with Gasteiger partial charge in [0.05, 0.1) is 13.2 Å². The second-order valence-electron chi connectivity index (χ2n) is 7.94. The molecule has 0 atom stereocenters. The minimum Gasteiger partial charge on any atom is -0.379 e. The summed E-state index contributed by atoms with van der Waals surface area (Å²) < 4.78 is 46.2. The first-order valence-electron chi connectivity index (χ1n) is 9.38. The van der Waals surface area contributed by atoms with Gasteiger partial charge in [-0.05, 0) is 41.3 Å². The SMILES string of the molecule is CC(C)(C)c1ccc(C(=O)Nc2ccc(F)c(S(=O)(=O)N3CCOCC3)c2)cc1. The summed E-state index contributed by atoms with van der Waals surface area (Å²) >= 11 is 0. The highest BCUT2D eigenvalue weighted by molar-refractivity contribution is 7.89. The van der Waals surface area contributed by atoms with E-state index in [1.54, 1.807) is 12.1 Å². The van der Waals surface area contributed by atoms with Crippen LogP contribution in [0.5, 0.6) is 0 Å². The van der Waals surface area contributed by atoms with Gasteiger partial charge in [-0.3, -0.25) is 4.79 Å². The Bertz CT molecular complexity index is 992. The molecule has 0 saturated carbocycles. The molecule has 8 heteroatoms. The van der Waals surface area contributed by atoms with Gasteiger partial charge in [-0.15, -0.1) is 0 Å². The van der Waals surface area contributed by atoms with Crippen LogP contribution in [0.2, 0.25) is 0 Å². The number of amides is 1. The van der Waals surface area contributed by atoms with Crippen molar-refractivity contribution < 1.29 is 22.3 Å². The molecule has 1 amide bonds. The van der Waals surface area contributed by atoms with Gasteiger partial charge in [0.2, 0.25) is 10.0 Å². The van der Waals surface area contributed by atoms with E-state index in [4.69, 9.17) is 4.74 Å². The highest BCUT2D eigenvalue weighted by Gasteiger charge is 2.29. The number of nitrogens with one attached hydrogen (secondary N) is 1. The lowest BCUT2D eigenvalue weighted by Crippen LogP contribution is -2.40. The molecule has 1 saturated heterocycles. The molecule has 2 aromatic rings. The van der Waals surface area contributed by atoms with Gasteiger partial charge in [-0.2, -0.15) is 4.31 Å². The normalized spacial score (nSPS) is 15.9. The Kier molecular flexibility index (Phi) is 6.07. The van der Waals surface area contributed by atoms with Crippen LogP contribution in [-0.4, -0.2) is 44.9 Å². The summed E-state index contributed by atoms with van der Waals surface area (Å²) in [4.78, 5) is 12.1. The number of carbonyl (C=O) groups is 1. The zero-order valence-electron chi connectivity index (χ0n) is 16.7. The maximum absolute atomic E-state index is 14.3. The van der Waals surface area contributed by atoms with E-state index in [0.717, 1.165) is 17.7 Å². The number of hydrogen-bond donors (Lipinski definition) is 1. The van der Waals surface area contributed by atoms with Crippen LogP contribution in [0.4, 0.5) is 10.1 Å². The summed E-state index contributed by atoms with van der Waals surface area (Å²) in [6, 6.07) is 10.7. The Balaban J connectivity index is 1.81. The van der Waals surface area contributed by atoms with E-state index >= 15 is 0 Å². The van der Waals surface area contributed by atoms with Gasteiger partial charge < -0.3 is 10.1 Å². The average Bonchev–Trinajstić information content (AvgIpc) is 2.69. The maximum atomic E-state index is 14.3. The minimum absolute atomic E-state index is 0.0330. The van der Waals surface area contributed by atoms with Crippen molar-refractivity contribution in [1.82, 2.24) is 4.31 Å². The van der Waals surface area contributed by atoms with Crippen molar-refractivity contribution >= 4 is 21.6 Å². The van der Waals surface area contributed by atoms with Crippen molar-refractivity contribution in [2.45, 2.75) is 31.1 Å². The molecule has 1 fully saturated rings. The average molecular weight is 421 g/mol. The second-order valence-corrected chi connectivity index (χ2v) is 9.85. The molecule has 29 heavy (non-hydrogen) atoms. The van der Waals surface area contributed by atoms with Crippen LogP contribution in [0.1, 0.15) is 36.7 Å². The first kappa shape index (κ1) is 21.4. The number of hydrogen-bond acceptors (Lipinski definition) is 4. The van der Waals surface area contributed by atoms with Gasteiger partial charge in [-0.1, -0.05) is 32.9 Å². The molecule has 1 aliphatic rings. The van der Waals surface area contributed by atoms with Crippen LogP contribution < -0.4 is 5.32 Å². The van der Waals surface area contributed by atoms with Crippen molar-refractivity contribution in [3.8, 4) is 0 Å². The summed E-state index contributed by atoms with van der Waals surface area (Å²) in [7, 11) is -4.01. The van der Waals surface area contributed by atoms with Crippen LogP contribution in [0.15, 0.2) is 47.4 Å². The zero-order valence-corrected chi connectivity index (χ0v) is 17.6. The van der Waals surface area contributed by atoms with Crippen molar-refractivity contribution in [2.75, 3.05) is 31.6 Å². The van der Waals surface area contributed by atoms with E-state index in [1.165, 1.54) is 10.4 Å². The smallest absolute Gasteiger partial charge is 0.255 e. The molecular formula is C21H25FN2O4S. The second kappa shape index (κ2) is 8.22. The lowest BCUT2D eigenvalue weighted by atomic mass is 9.87. The summed E-state index contributed by atoms with van der Waals surface area (Å²) in [5.74, 6) is -1.25. The Morgan fingerprint density at radius 3 is 2.28 bits per heavy atom. The summed E-state index contributed by atoms with van der Waals surface area (Å²) in [5, 5.41) is 2.65. The van der Waals surface area contributed by atoms with Crippen LogP contribution in [0.3, 0.4) is 0 Å². The molecule has 0 spiro atoms. The van der Waals surface area contributed by atoms with E-state index in [-0.39, 0.29) is 37.4 Å². The molecule has 0 radical (unpaired) electrons. The molecule has 1 aliphatic heterocycles. The quantitative estimate of drug-likeness (QED) is 0.823. The Morgan fingerprint density at radius 1 is 1.07 bits per heavy atom. The molecule has 0 aliphatic carbocycles. The van der Waals surface area contributed by atoms with Crippen LogP contribution in [0.25, 0.3) is 0 Å². The predicted octanol–water partition coefficient (Wildman–Crippen LogP) is 3.40. The molecule has 0 aromatic heterocycles. The lowest BCUT2D eigenvalue weighted by molar-refractivity contribution is 0.0729. The number of sulfonamides is 1. The highest BCUT2D eigenvalue weighted by Crippen LogP contribution is 2.25. The van der Waals surface area contributed by atoms with Gasteiger partial charge in [0, 0.05) is 24.3 Å². The largest absolute Gasteiger partial charge is 0.379 e. The Hall–Kier alpha value is -2.29. The maximum Gasteiger partial charge on any atom is 0.255 e. The van der Waals surface area contributed by atoms with Gasteiger partial charge in [0.25, 0.3) is 5.91 Å². The summed E-state index contributed by atoms with van der Waals surface area (Å²) in [5.41, 5.74) is 1.70. The third-order valence-corrected chi connectivity index (χ3v) is 6.70. The van der Waals surface area contributed by atoms with Gasteiger partial charge in [-0.25, -0.2) is 12.8 Å². The predicted molar refractivity (Wildman–Crippen MR) is 109 cm³/mol. The summed E-state index contributed by atoms with van der Waals surface area (Å²) in [6.45, 7) is 7.10. The first-order chi connectivity index (χ1) is 13.6. The fourth-order valence-electron chi connectivity index (χ4n) is 3.03. The lowest BCUT2D eigenvalue weighted by Gasteiger charge is -2.26. The third-order valence-electron chi connectivity index (χ3n) is 4.79. The number of carbonyl (C=O) groups excluding carboxylic acids is 1. The van der Waals surface area contributed by atoms with E-state index in [0.29, 0.717) is 5.56 Å². The third kappa shape index (κ3) is 4.83. The molecule has 0 bridgehead atoms. The van der Waals surface area contributed by atoms with Crippen molar-refractivity contribution in [1.29, 1.82) is 0 Å². The Labute approximate surface area is 170 Å². The fourth-order valence-corrected chi connectivity index (χ4v) is 4.53. The molecule has 3 rings (SSSR count). The van der Waals surface area contributed by atoms with Crippen molar-refractivity contribution in [2.24, 2.45) is 0 Å². The number of ether oxygens (including phenoxy) is 1. The number of halogens is 1. The minimum atomic E-state index is -4.01. The van der Waals surface area contributed by atoms with Crippen molar-refractivity contribution in [3.05, 3.63) is 59.4 Å². The number of anilines is 1. The number of rotatable bonds is 4. The monoisotopic (exact) mass is 420 g/mol. The first-order valence-corrected chi connectivity index (χ1v) is 10.8. The Morgan fingerprint density at radius 2 is 1.69 bits per heavy atom. The van der Waals surface area contributed by atoms with Crippen LogP contribution >= 0.6 is 0 Å². The molecule has 1 N–H and O–H groups in total. The molecule has 1 heterocycles. The molecule has 156 valence electrons. The molecule has 0 unspecified atom stereocenters. The van der Waals surface area contributed by atoms with Crippen molar-refractivity contribution in [3.63, 3.8) is 0 Å². The fraction of sp³-hybridized carbons (Fsp3) is 0.381. The molecule has 2 aromatic carbocycles. The standard InChI is InChI=1S/C21H25FN2O4S/c1-21(2,3)16-6-4-15(5-7-16)20(25)23-17-8-9-18(22)19(14-17)29(26,27)24-10-12-28-13-11-24/h4-9,14H,10-13H2,1-3H3,(H,23,25). The molecule has 6 nitrogen and oxygen atoms in total. The van der Waals surface area contributed by atoms with Crippen LogP contribution in [-0.2, 0) is 20.2 Å². The van der Waals surface area contributed by atoms with Gasteiger partial charge in [0.1, 0.15) is 10.7 Å². The van der Waals surface area contributed by atoms with E-state index in [1.807, 2.05) is 12.1 Å². The van der Waals surface area contributed by atoms with Gasteiger partial charge >= 0.3 is 0 Å².